The van der Waals surface area contributed by atoms with Gasteiger partial charge >= 0.3 is 27.7 Å². The van der Waals surface area contributed by atoms with Gasteiger partial charge in [0.05, 0.1) is 12.1 Å². The van der Waals surface area contributed by atoms with Crippen molar-refractivity contribution in [2.24, 2.45) is 0 Å². The predicted molar refractivity (Wildman–Crippen MR) is 54.9 cm³/mol. The molecule has 1 rings (SSSR count). The van der Waals surface area contributed by atoms with Gasteiger partial charge in [-0.1, -0.05) is 0 Å². The molecule has 0 aromatic carbocycles. The molecule has 0 aromatic heterocycles. The van der Waals surface area contributed by atoms with E-state index in [1.54, 1.807) is 0 Å². The van der Waals surface area contributed by atoms with Crippen LogP contribution in [0.3, 0.4) is 0 Å². The van der Waals surface area contributed by atoms with Crippen LogP contribution in [0, 0.1) is 0 Å². The number of aliphatic carboxylic acids is 1. The summed E-state index contributed by atoms with van der Waals surface area (Å²) in [5.41, 5.74) is -6.45. The molecule has 20 heavy (non-hydrogen) atoms. The molecule has 0 saturated heterocycles. The van der Waals surface area contributed by atoms with Crippen LogP contribution < -0.4 is 0 Å². The number of alkyl halides is 3. The average Bonchev–Trinajstić information content (AvgIpc) is 2.26. The minimum Gasteiger partial charge on any atom is -0.478 e. The Labute approximate surface area is 110 Å². The summed E-state index contributed by atoms with van der Waals surface area (Å²) in [5.74, 6) is -2.74. The lowest BCUT2D eigenvalue weighted by molar-refractivity contribution is -0.133. The van der Waals surface area contributed by atoms with E-state index in [1.807, 2.05) is 0 Å². The zero-order valence-electron chi connectivity index (χ0n) is 9.55. The van der Waals surface area contributed by atoms with Crippen molar-refractivity contribution < 1.29 is 45.6 Å². The lowest BCUT2D eigenvalue weighted by Crippen LogP contribution is -2.39. The van der Waals surface area contributed by atoms with E-state index in [0.717, 1.165) is 0 Å². The topological polar surface area (TPSA) is 121 Å². The van der Waals surface area contributed by atoms with Crippen LogP contribution in [0.5, 0.6) is 0 Å². The van der Waals surface area contributed by atoms with E-state index in [9.17, 15) is 31.2 Å². The minimum absolute atomic E-state index is 0.296. The number of carboxylic acid groups (broad SMARTS) is 2. The Balaban J connectivity index is 3.15. The third-order valence-electron chi connectivity index (χ3n) is 2.33. The SMILES string of the molecule is O=C(O)C1=C(OS(=O)(=O)C(F)(F)F)CN(C(=O)O)CC1. The molecule has 1 heterocycles. The van der Waals surface area contributed by atoms with E-state index < -0.39 is 52.0 Å². The summed E-state index contributed by atoms with van der Waals surface area (Å²) >= 11 is 0. The number of nitrogens with zero attached hydrogens (tertiary/aromatic N) is 1. The monoisotopic (exact) mass is 319 g/mol. The zero-order chi connectivity index (χ0) is 15.7. The van der Waals surface area contributed by atoms with Gasteiger partial charge in [0.2, 0.25) is 0 Å². The first kappa shape index (κ1) is 16.1. The summed E-state index contributed by atoms with van der Waals surface area (Å²) in [5, 5.41) is 17.4. The fourth-order valence-electron chi connectivity index (χ4n) is 1.38. The van der Waals surface area contributed by atoms with Crippen molar-refractivity contribution in [3.05, 3.63) is 11.3 Å². The maximum absolute atomic E-state index is 12.2. The van der Waals surface area contributed by atoms with Crippen molar-refractivity contribution in [2.75, 3.05) is 13.1 Å². The molecule has 114 valence electrons. The maximum atomic E-state index is 12.2. The predicted octanol–water partition coefficient (Wildman–Crippen LogP) is 0.575. The first-order chi connectivity index (χ1) is 8.95. The molecule has 1 amide bonds. The average molecular weight is 319 g/mol. The molecule has 1 aliphatic heterocycles. The first-order valence-electron chi connectivity index (χ1n) is 4.89. The van der Waals surface area contributed by atoms with E-state index in [1.165, 1.54) is 0 Å². The van der Waals surface area contributed by atoms with Crippen LogP contribution in [-0.4, -0.2) is 54.2 Å². The Morgan fingerprint density at radius 1 is 1.25 bits per heavy atom. The van der Waals surface area contributed by atoms with Crippen LogP contribution in [0.15, 0.2) is 11.3 Å². The van der Waals surface area contributed by atoms with Gasteiger partial charge in [0.25, 0.3) is 0 Å². The fourth-order valence-corrected chi connectivity index (χ4v) is 1.89. The van der Waals surface area contributed by atoms with Gasteiger partial charge in [0.1, 0.15) is 5.76 Å². The molecule has 8 nitrogen and oxygen atoms in total. The van der Waals surface area contributed by atoms with Gasteiger partial charge in [0.15, 0.2) is 0 Å². The largest absolute Gasteiger partial charge is 0.534 e. The molecule has 0 bridgehead atoms. The van der Waals surface area contributed by atoms with Crippen molar-refractivity contribution in [3.63, 3.8) is 0 Å². The fraction of sp³-hybridized carbons (Fsp3) is 0.500. The Morgan fingerprint density at radius 3 is 2.20 bits per heavy atom. The number of halogens is 3. The molecule has 1 aliphatic rings. The highest BCUT2D eigenvalue weighted by Gasteiger charge is 2.49. The van der Waals surface area contributed by atoms with Crippen molar-refractivity contribution >= 4 is 22.2 Å². The van der Waals surface area contributed by atoms with E-state index in [4.69, 9.17) is 10.2 Å². The van der Waals surface area contributed by atoms with Crippen LogP contribution in [0.25, 0.3) is 0 Å². The highest BCUT2D eigenvalue weighted by molar-refractivity contribution is 7.87. The number of rotatable bonds is 3. The van der Waals surface area contributed by atoms with Gasteiger partial charge < -0.3 is 19.3 Å². The van der Waals surface area contributed by atoms with Gasteiger partial charge in [-0.3, -0.25) is 0 Å². The third kappa shape index (κ3) is 3.31. The molecular formula is C8H8F3NO7S. The molecule has 0 aromatic rings. The lowest BCUT2D eigenvalue weighted by Gasteiger charge is -2.26. The van der Waals surface area contributed by atoms with Crippen molar-refractivity contribution in [1.82, 2.24) is 4.90 Å². The lowest BCUT2D eigenvalue weighted by atomic mass is 10.1. The van der Waals surface area contributed by atoms with Gasteiger partial charge in [-0.2, -0.15) is 21.6 Å². The van der Waals surface area contributed by atoms with Gasteiger partial charge in [-0.25, -0.2) is 9.59 Å². The summed E-state index contributed by atoms with van der Waals surface area (Å²) in [6.07, 6.45) is -2.01. The summed E-state index contributed by atoms with van der Waals surface area (Å²) in [6.45, 7) is -1.19. The molecule has 0 aliphatic carbocycles. The maximum Gasteiger partial charge on any atom is 0.534 e. The van der Waals surface area contributed by atoms with Crippen molar-refractivity contribution in [1.29, 1.82) is 0 Å². The van der Waals surface area contributed by atoms with Crippen LogP contribution in [0.2, 0.25) is 0 Å². The molecule has 0 unspecified atom stereocenters. The molecule has 0 saturated carbocycles. The Bertz CT molecular complexity index is 565. The molecule has 0 spiro atoms. The van der Waals surface area contributed by atoms with E-state index in [2.05, 4.69) is 4.18 Å². The Kier molecular flexibility index (Phi) is 4.17. The van der Waals surface area contributed by atoms with Crippen LogP contribution in [0.4, 0.5) is 18.0 Å². The smallest absolute Gasteiger partial charge is 0.478 e. The minimum atomic E-state index is -6.05. The van der Waals surface area contributed by atoms with Gasteiger partial charge in [-0.05, 0) is 0 Å². The number of amides is 1. The second kappa shape index (κ2) is 5.19. The van der Waals surface area contributed by atoms with Crippen molar-refractivity contribution in [2.45, 2.75) is 11.9 Å². The van der Waals surface area contributed by atoms with Crippen LogP contribution in [-0.2, 0) is 19.1 Å². The van der Waals surface area contributed by atoms with Gasteiger partial charge in [0, 0.05) is 13.0 Å². The second-order valence-corrected chi connectivity index (χ2v) is 5.18. The first-order valence-corrected chi connectivity index (χ1v) is 6.30. The molecule has 0 atom stereocenters. The summed E-state index contributed by atoms with van der Waals surface area (Å²) in [4.78, 5) is 22.0. The number of hydrogen-bond donors (Lipinski definition) is 2. The quantitative estimate of drug-likeness (QED) is 0.576. The van der Waals surface area contributed by atoms with Crippen LogP contribution in [0.1, 0.15) is 6.42 Å². The third-order valence-corrected chi connectivity index (χ3v) is 3.31. The second-order valence-electron chi connectivity index (χ2n) is 3.64. The zero-order valence-corrected chi connectivity index (χ0v) is 10.4. The number of hydrogen-bond acceptors (Lipinski definition) is 5. The summed E-state index contributed by atoms with van der Waals surface area (Å²) < 4.78 is 61.9. The molecule has 0 fully saturated rings. The van der Waals surface area contributed by atoms with E-state index in [-0.39, 0.29) is 6.54 Å². The molecular weight excluding hydrogens is 311 g/mol. The van der Waals surface area contributed by atoms with E-state index in [0.29, 0.717) is 4.90 Å². The highest BCUT2D eigenvalue weighted by Crippen LogP contribution is 2.29. The highest BCUT2D eigenvalue weighted by atomic mass is 32.2. The summed E-state index contributed by atoms with van der Waals surface area (Å²) in [7, 11) is -6.05. The standard InChI is InChI=1S/C8H8F3NO7S/c9-8(10,11)20(17,18)19-5-3-12(7(15)16)2-1-4(5)6(13)14/h1-3H2,(H,13,14)(H,15,16). The van der Waals surface area contributed by atoms with Gasteiger partial charge in [-0.15, -0.1) is 0 Å². The van der Waals surface area contributed by atoms with E-state index >= 15 is 0 Å². The Morgan fingerprint density at radius 2 is 1.80 bits per heavy atom. The molecule has 0 radical (unpaired) electrons. The normalized spacial score (nSPS) is 17.1. The Hall–Kier alpha value is -1.98. The van der Waals surface area contributed by atoms with Crippen molar-refractivity contribution in [3.8, 4) is 0 Å². The van der Waals surface area contributed by atoms with Crippen LogP contribution >= 0.6 is 0 Å². The summed E-state index contributed by atoms with van der Waals surface area (Å²) in [6, 6.07) is 0. The number of carbonyl (C=O) groups is 2. The molecule has 2 N–H and O–H groups in total. The molecule has 12 heteroatoms. The number of carboxylic acids is 1.